The highest BCUT2D eigenvalue weighted by Crippen LogP contribution is 2.29. The Morgan fingerprint density at radius 1 is 1.39 bits per heavy atom. The standard InChI is InChI=1S/C14H22BrNO2/c1-4-16(8-9-18-5-2)14-7-6-12(11(3)17)10-13(14)15/h6-7,10-11,17H,4-5,8-9H2,1-3H3. The van der Waals surface area contributed by atoms with Crippen molar-refractivity contribution in [3.63, 3.8) is 0 Å². The summed E-state index contributed by atoms with van der Waals surface area (Å²) in [5.74, 6) is 0. The molecule has 0 fully saturated rings. The Morgan fingerprint density at radius 2 is 2.11 bits per heavy atom. The summed E-state index contributed by atoms with van der Waals surface area (Å²) in [4.78, 5) is 2.26. The average molecular weight is 316 g/mol. The van der Waals surface area contributed by atoms with Crippen LogP contribution in [0.4, 0.5) is 5.69 Å². The van der Waals surface area contributed by atoms with Gasteiger partial charge in [-0.1, -0.05) is 6.07 Å². The zero-order valence-electron chi connectivity index (χ0n) is 11.3. The summed E-state index contributed by atoms with van der Waals surface area (Å²) < 4.78 is 6.41. The first-order chi connectivity index (χ1) is 8.60. The van der Waals surface area contributed by atoms with Gasteiger partial charge in [-0.2, -0.15) is 0 Å². The smallest absolute Gasteiger partial charge is 0.0762 e. The lowest BCUT2D eigenvalue weighted by Gasteiger charge is -2.24. The summed E-state index contributed by atoms with van der Waals surface area (Å²) in [5, 5.41) is 9.55. The minimum atomic E-state index is -0.436. The Morgan fingerprint density at radius 3 is 2.61 bits per heavy atom. The Hall–Kier alpha value is -0.580. The van der Waals surface area contributed by atoms with Gasteiger partial charge in [0.05, 0.1) is 18.4 Å². The second-order valence-corrected chi connectivity index (χ2v) is 5.02. The van der Waals surface area contributed by atoms with E-state index in [1.54, 1.807) is 6.92 Å². The molecule has 4 heteroatoms. The summed E-state index contributed by atoms with van der Waals surface area (Å²) in [5.41, 5.74) is 2.06. The summed E-state index contributed by atoms with van der Waals surface area (Å²) in [6, 6.07) is 5.99. The lowest BCUT2D eigenvalue weighted by atomic mass is 10.1. The lowest BCUT2D eigenvalue weighted by Crippen LogP contribution is -2.27. The fourth-order valence-corrected chi connectivity index (χ4v) is 2.45. The molecule has 18 heavy (non-hydrogen) atoms. The molecule has 0 aliphatic heterocycles. The van der Waals surface area contributed by atoms with E-state index in [0.717, 1.165) is 42.0 Å². The van der Waals surface area contributed by atoms with E-state index in [9.17, 15) is 5.11 Å². The van der Waals surface area contributed by atoms with Crippen LogP contribution in [0.5, 0.6) is 0 Å². The van der Waals surface area contributed by atoms with Gasteiger partial charge in [0.15, 0.2) is 0 Å². The molecule has 0 aromatic heterocycles. The van der Waals surface area contributed by atoms with Crippen molar-refractivity contribution in [2.45, 2.75) is 26.9 Å². The minimum absolute atomic E-state index is 0.436. The van der Waals surface area contributed by atoms with E-state index in [4.69, 9.17) is 4.74 Å². The van der Waals surface area contributed by atoms with Crippen LogP contribution in [0, 0.1) is 0 Å². The summed E-state index contributed by atoms with van der Waals surface area (Å²) >= 11 is 3.57. The summed E-state index contributed by atoms with van der Waals surface area (Å²) in [7, 11) is 0. The van der Waals surface area contributed by atoms with Crippen molar-refractivity contribution in [2.24, 2.45) is 0 Å². The normalized spacial score (nSPS) is 12.5. The van der Waals surface area contributed by atoms with Crippen LogP contribution in [0.1, 0.15) is 32.4 Å². The van der Waals surface area contributed by atoms with E-state index < -0.39 is 6.10 Å². The van der Waals surface area contributed by atoms with Gasteiger partial charge in [-0.3, -0.25) is 0 Å². The van der Waals surface area contributed by atoms with Gasteiger partial charge in [-0.25, -0.2) is 0 Å². The van der Waals surface area contributed by atoms with Crippen LogP contribution in [0.2, 0.25) is 0 Å². The number of aliphatic hydroxyl groups is 1. The zero-order valence-corrected chi connectivity index (χ0v) is 12.9. The van der Waals surface area contributed by atoms with Crippen molar-refractivity contribution in [1.29, 1.82) is 0 Å². The minimum Gasteiger partial charge on any atom is -0.389 e. The van der Waals surface area contributed by atoms with Crippen LogP contribution in [-0.2, 0) is 4.74 Å². The molecule has 0 saturated heterocycles. The number of ether oxygens (including phenoxy) is 1. The van der Waals surface area contributed by atoms with E-state index in [1.807, 2.05) is 25.1 Å². The molecule has 0 heterocycles. The van der Waals surface area contributed by atoms with Gasteiger partial charge in [0, 0.05) is 24.2 Å². The Balaban J connectivity index is 2.79. The molecule has 1 unspecified atom stereocenters. The van der Waals surface area contributed by atoms with Crippen LogP contribution < -0.4 is 4.90 Å². The third-order valence-corrected chi connectivity index (χ3v) is 3.52. The van der Waals surface area contributed by atoms with Gasteiger partial charge in [0.1, 0.15) is 0 Å². The molecular weight excluding hydrogens is 294 g/mol. The fraction of sp³-hybridized carbons (Fsp3) is 0.571. The highest BCUT2D eigenvalue weighted by atomic mass is 79.9. The number of likely N-dealkylation sites (N-methyl/N-ethyl adjacent to an activating group) is 1. The number of hydrogen-bond donors (Lipinski definition) is 1. The van der Waals surface area contributed by atoms with Crippen molar-refractivity contribution in [3.8, 4) is 0 Å². The van der Waals surface area contributed by atoms with Gasteiger partial charge in [0.25, 0.3) is 0 Å². The molecule has 1 aromatic carbocycles. The van der Waals surface area contributed by atoms with Gasteiger partial charge in [0.2, 0.25) is 0 Å². The highest BCUT2D eigenvalue weighted by Gasteiger charge is 2.10. The number of hydrogen-bond acceptors (Lipinski definition) is 3. The monoisotopic (exact) mass is 315 g/mol. The van der Waals surface area contributed by atoms with E-state index >= 15 is 0 Å². The number of rotatable bonds is 7. The molecule has 1 rings (SSSR count). The maximum Gasteiger partial charge on any atom is 0.0762 e. The van der Waals surface area contributed by atoms with Crippen LogP contribution in [0.25, 0.3) is 0 Å². The first-order valence-electron chi connectivity index (χ1n) is 6.40. The molecule has 0 bridgehead atoms. The zero-order chi connectivity index (χ0) is 13.5. The average Bonchev–Trinajstić information content (AvgIpc) is 2.35. The predicted octanol–water partition coefficient (Wildman–Crippen LogP) is 3.37. The molecule has 1 atom stereocenters. The number of aliphatic hydroxyl groups excluding tert-OH is 1. The summed E-state index contributed by atoms with van der Waals surface area (Å²) in [6.07, 6.45) is -0.436. The first kappa shape index (κ1) is 15.5. The van der Waals surface area contributed by atoms with Crippen LogP contribution in [0.3, 0.4) is 0 Å². The molecular formula is C14H22BrNO2. The van der Waals surface area contributed by atoms with Gasteiger partial charge in [-0.15, -0.1) is 0 Å². The Labute approximate surface area is 118 Å². The number of halogens is 1. The van der Waals surface area contributed by atoms with Crippen molar-refractivity contribution in [3.05, 3.63) is 28.2 Å². The molecule has 0 saturated carbocycles. The quantitative estimate of drug-likeness (QED) is 0.783. The van der Waals surface area contributed by atoms with Crippen LogP contribution in [0.15, 0.2) is 22.7 Å². The molecule has 0 aliphatic rings. The van der Waals surface area contributed by atoms with Crippen molar-refractivity contribution < 1.29 is 9.84 Å². The fourth-order valence-electron chi connectivity index (χ4n) is 1.81. The largest absolute Gasteiger partial charge is 0.389 e. The van der Waals surface area contributed by atoms with E-state index in [0.29, 0.717) is 0 Å². The maximum absolute atomic E-state index is 9.55. The Kier molecular flexibility index (Phi) is 6.68. The molecule has 0 aliphatic carbocycles. The SMILES string of the molecule is CCOCCN(CC)c1ccc(C(C)O)cc1Br. The Bertz CT molecular complexity index is 369. The van der Waals surface area contributed by atoms with E-state index in [2.05, 4.69) is 27.8 Å². The van der Waals surface area contributed by atoms with Crippen molar-refractivity contribution in [1.82, 2.24) is 0 Å². The molecule has 0 amide bonds. The number of benzene rings is 1. The highest BCUT2D eigenvalue weighted by molar-refractivity contribution is 9.10. The van der Waals surface area contributed by atoms with Gasteiger partial charge in [-0.05, 0) is 54.4 Å². The second-order valence-electron chi connectivity index (χ2n) is 4.16. The van der Waals surface area contributed by atoms with E-state index in [-0.39, 0.29) is 0 Å². The lowest BCUT2D eigenvalue weighted by molar-refractivity contribution is 0.154. The third-order valence-electron chi connectivity index (χ3n) is 2.89. The topological polar surface area (TPSA) is 32.7 Å². The van der Waals surface area contributed by atoms with Gasteiger partial charge < -0.3 is 14.7 Å². The van der Waals surface area contributed by atoms with E-state index in [1.165, 1.54) is 0 Å². The maximum atomic E-state index is 9.55. The van der Waals surface area contributed by atoms with Gasteiger partial charge >= 0.3 is 0 Å². The molecule has 3 nitrogen and oxygen atoms in total. The molecule has 0 radical (unpaired) electrons. The summed E-state index contributed by atoms with van der Waals surface area (Å²) in [6.45, 7) is 9.18. The first-order valence-corrected chi connectivity index (χ1v) is 7.19. The van der Waals surface area contributed by atoms with Crippen molar-refractivity contribution in [2.75, 3.05) is 31.2 Å². The van der Waals surface area contributed by atoms with Crippen LogP contribution >= 0.6 is 15.9 Å². The predicted molar refractivity (Wildman–Crippen MR) is 79.2 cm³/mol. The number of anilines is 1. The third kappa shape index (κ3) is 4.26. The van der Waals surface area contributed by atoms with Crippen molar-refractivity contribution >= 4 is 21.6 Å². The molecule has 102 valence electrons. The molecule has 1 aromatic rings. The molecule has 0 spiro atoms. The van der Waals surface area contributed by atoms with Crippen LogP contribution in [-0.4, -0.2) is 31.4 Å². The number of nitrogens with zero attached hydrogens (tertiary/aromatic N) is 1. The molecule has 1 N–H and O–H groups in total. The second kappa shape index (κ2) is 7.77.